The summed E-state index contributed by atoms with van der Waals surface area (Å²) in [5.74, 6) is 2.88. The topological polar surface area (TPSA) is 54.7 Å². The monoisotopic (exact) mass is 489 g/mol. The number of hydrogen-bond acceptors (Lipinski definition) is 5. The number of aromatic nitrogens is 2. The van der Waals surface area contributed by atoms with Gasteiger partial charge in [0.2, 0.25) is 0 Å². The van der Waals surface area contributed by atoms with Crippen molar-refractivity contribution < 1.29 is 4.74 Å². The molecule has 3 heterocycles. The predicted molar refractivity (Wildman–Crippen MR) is 148 cm³/mol. The Balaban J connectivity index is 1.38. The number of piperidine rings is 1. The number of ether oxygens (including phenoxy) is 1. The molecule has 1 aromatic rings. The molecule has 4 aliphatic rings. The van der Waals surface area contributed by atoms with Crippen molar-refractivity contribution in [3.05, 3.63) is 72.1 Å². The number of hydrogen-bond donors (Lipinski definition) is 1. The second-order valence-electron chi connectivity index (χ2n) is 9.37. The van der Waals surface area contributed by atoms with E-state index in [9.17, 15) is 0 Å². The molecule has 2 aliphatic carbocycles. The molecular formula is C28H35N5OS. The molecule has 1 saturated heterocycles. The van der Waals surface area contributed by atoms with E-state index in [1.54, 1.807) is 7.11 Å². The molecule has 1 saturated carbocycles. The van der Waals surface area contributed by atoms with Crippen molar-refractivity contribution in [3.63, 3.8) is 0 Å². The molecule has 0 amide bonds. The summed E-state index contributed by atoms with van der Waals surface area (Å²) in [6.07, 6.45) is 23.1. The van der Waals surface area contributed by atoms with Gasteiger partial charge in [0.1, 0.15) is 5.82 Å². The fourth-order valence-corrected chi connectivity index (χ4v) is 5.88. The molecule has 0 bridgehead atoms. The third-order valence-corrected chi connectivity index (χ3v) is 8.03. The van der Waals surface area contributed by atoms with Crippen molar-refractivity contribution in [2.75, 3.05) is 20.2 Å². The summed E-state index contributed by atoms with van der Waals surface area (Å²) in [7, 11) is 1.72. The molecule has 35 heavy (non-hydrogen) atoms. The molecule has 5 rings (SSSR count). The Labute approximate surface area is 213 Å². The maximum atomic E-state index is 5.58. The van der Waals surface area contributed by atoms with Gasteiger partial charge in [0.25, 0.3) is 0 Å². The lowest BCUT2D eigenvalue weighted by Gasteiger charge is -2.29. The average molecular weight is 490 g/mol. The summed E-state index contributed by atoms with van der Waals surface area (Å²) < 4.78 is 10.3. The summed E-state index contributed by atoms with van der Waals surface area (Å²) >= 11 is 2.06. The molecule has 7 heteroatoms. The van der Waals surface area contributed by atoms with E-state index >= 15 is 0 Å². The van der Waals surface area contributed by atoms with Crippen LogP contribution in [0.1, 0.15) is 56.2 Å². The number of methoxy groups -OCH3 is 1. The van der Waals surface area contributed by atoms with Gasteiger partial charge in [0.05, 0.1) is 41.8 Å². The van der Waals surface area contributed by atoms with Gasteiger partial charge >= 0.3 is 0 Å². The van der Waals surface area contributed by atoms with Crippen LogP contribution in [0.2, 0.25) is 0 Å². The van der Waals surface area contributed by atoms with Gasteiger partial charge in [-0.25, -0.2) is 4.98 Å². The molecule has 2 fully saturated rings. The first-order valence-electron chi connectivity index (χ1n) is 12.6. The second-order valence-corrected chi connectivity index (χ2v) is 10.8. The zero-order valence-corrected chi connectivity index (χ0v) is 21.6. The number of fused-ring (bicyclic) bond motifs is 1. The lowest BCUT2D eigenvalue weighted by atomic mass is 10.1. The summed E-state index contributed by atoms with van der Waals surface area (Å²) in [5, 5.41) is 4.47. The molecule has 0 radical (unpaired) electrons. The van der Waals surface area contributed by atoms with Gasteiger partial charge in [-0.1, -0.05) is 48.9 Å². The fourth-order valence-electron chi connectivity index (χ4n) is 4.69. The quantitative estimate of drug-likeness (QED) is 0.223. The van der Waals surface area contributed by atoms with E-state index in [1.807, 2.05) is 12.2 Å². The van der Waals surface area contributed by atoms with Gasteiger partial charge in [0, 0.05) is 43.0 Å². The van der Waals surface area contributed by atoms with Crippen molar-refractivity contribution in [2.24, 2.45) is 4.99 Å². The second kappa shape index (κ2) is 10.9. The van der Waals surface area contributed by atoms with Crippen LogP contribution in [0.5, 0.6) is 0 Å². The molecule has 0 unspecified atom stereocenters. The van der Waals surface area contributed by atoms with Gasteiger partial charge in [-0.3, -0.25) is 9.30 Å². The summed E-state index contributed by atoms with van der Waals surface area (Å²) in [6.45, 7) is 8.29. The summed E-state index contributed by atoms with van der Waals surface area (Å²) in [5.41, 5.74) is 3.94. The van der Waals surface area contributed by atoms with Gasteiger partial charge in [-0.15, -0.1) is 0 Å². The molecule has 0 spiro atoms. The maximum Gasteiger partial charge on any atom is 0.117 e. The Kier molecular flexibility index (Phi) is 7.44. The number of amidine groups is 1. The van der Waals surface area contributed by atoms with Gasteiger partial charge in [0.15, 0.2) is 0 Å². The minimum atomic E-state index is 0.362. The predicted octanol–water partition coefficient (Wildman–Crippen LogP) is 5.59. The lowest BCUT2D eigenvalue weighted by Crippen LogP contribution is -2.32. The third-order valence-electron chi connectivity index (χ3n) is 6.60. The lowest BCUT2D eigenvalue weighted by molar-refractivity contribution is 0.285. The molecular weight excluding hydrogens is 454 g/mol. The first kappa shape index (κ1) is 23.9. The van der Waals surface area contributed by atoms with E-state index in [-0.39, 0.29) is 0 Å². The highest BCUT2D eigenvalue weighted by Crippen LogP contribution is 2.37. The molecule has 1 aromatic heterocycles. The average Bonchev–Trinajstić information content (AvgIpc) is 3.51. The number of imidazole rings is 1. The largest absolute Gasteiger partial charge is 0.501 e. The van der Waals surface area contributed by atoms with Crippen molar-refractivity contribution in [2.45, 2.75) is 56.7 Å². The molecule has 1 N–H and O–H groups in total. The number of rotatable bonds is 8. The maximum absolute atomic E-state index is 5.58. The van der Waals surface area contributed by atoms with Gasteiger partial charge in [-0.2, -0.15) is 0 Å². The minimum absolute atomic E-state index is 0.362. The van der Waals surface area contributed by atoms with E-state index in [2.05, 4.69) is 76.2 Å². The molecule has 0 atom stereocenters. The van der Waals surface area contributed by atoms with E-state index in [4.69, 9.17) is 14.7 Å². The summed E-state index contributed by atoms with van der Waals surface area (Å²) in [6, 6.07) is 0.362. The normalized spacial score (nSPS) is 21.4. The van der Waals surface area contributed by atoms with Crippen LogP contribution in [0.25, 0.3) is 17.5 Å². The number of nitrogens with zero attached hydrogens (tertiary/aromatic N) is 4. The van der Waals surface area contributed by atoms with E-state index in [1.165, 1.54) is 12.8 Å². The Morgan fingerprint density at radius 1 is 1.23 bits per heavy atom. The van der Waals surface area contributed by atoms with Gasteiger partial charge in [-0.05, 0) is 44.8 Å². The van der Waals surface area contributed by atoms with E-state index in [0.717, 1.165) is 84.1 Å². The van der Waals surface area contributed by atoms with Crippen LogP contribution in [0.4, 0.5) is 0 Å². The van der Waals surface area contributed by atoms with Crippen molar-refractivity contribution in [3.8, 4) is 0 Å². The van der Waals surface area contributed by atoms with Gasteiger partial charge < -0.3 is 14.6 Å². The molecule has 184 valence electrons. The first-order chi connectivity index (χ1) is 17.1. The molecule has 0 aromatic carbocycles. The van der Waals surface area contributed by atoms with Crippen LogP contribution in [-0.4, -0.2) is 51.2 Å². The zero-order valence-electron chi connectivity index (χ0n) is 20.7. The van der Waals surface area contributed by atoms with Crippen LogP contribution in [0.15, 0.2) is 59.9 Å². The van der Waals surface area contributed by atoms with Crippen molar-refractivity contribution in [1.29, 1.82) is 0 Å². The number of allylic oxidation sites excluding steroid dienone is 8. The van der Waals surface area contributed by atoms with E-state index in [0.29, 0.717) is 6.04 Å². The SMILES string of the molecule is C=C/C=C(\NC(C)=NC1CCN(SC2CC2)CC1)c1c(C2=CC=CCC(OC)=C2)nc2n1C=CC2. The van der Waals surface area contributed by atoms with E-state index < -0.39 is 0 Å². The third kappa shape index (κ3) is 5.73. The minimum Gasteiger partial charge on any atom is -0.501 e. The molecule has 2 aliphatic heterocycles. The number of nitrogens with one attached hydrogen (secondary N) is 1. The Hall–Kier alpha value is -2.77. The van der Waals surface area contributed by atoms with Crippen LogP contribution in [0.3, 0.4) is 0 Å². The Bertz CT molecular complexity index is 1140. The Morgan fingerprint density at radius 3 is 2.80 bits per heavy atom. The fraction of sp³-hybridized carbons (Fsp3) is 0.429. The van der Waals surface area contributed by atoms with Crippen LogP contribution in [0, 0.1) is 0 Å². The Morgan fingerprint density at radius 2 is 2.06 bits per heavy atom. The standard InChI is InChI=1S/C28H35N5OS/c1-4-8-25(30-20(2)29-22-14-17-32(18-15-22)35-24-12-13-24)28-27(31-26-11-7-16-33(26)28)21-9-5-6-10-23(19-21)34-3/h4-9,16,19,22,24H,1,10-15,17-18H2,2-3H3,(H,29,30)/b25-8-. The van der Waals surface area contributed by atoms with Crippen molar-refractivity contribution in [1.82, 2.24) is 19.2 Å². The highest BCUT2D eigenvalue weighted by molar-refractivity contribution is 7.97. The van der Waals surface area contributed by atoms with Crippen LogP contribution < -0.4 is 5.32 Å². The van der Waals surface area contributed by atoms with Crippen LogP contribution in [-0.2, 0) is 11.2 Å². The zero-order chi connectivity index (χ0) is 24.2. The van der Waals surface area contributed by atoms with Crippen molar-refractivity contribution >= 4 is 35.3 Å². The summed E-state index contributed by atoms with van der Waals surface area (Å²) in [4.78, 5) is 10.1. The first-order valence-corrected chi connectivity index (χ1v) is 13.4. The highest BCUT2D eigenvalue weighted by atomic mass is 32.2. The number of aliphatic imine (C=N–C) groups is 1. The smallest absolute Gasteiger partial charge is 0.117 e. The molecule has 6 nitrogen and oxygen atoms in total. The van der Waals surface area contributed by atoms with Crippen LogP contribution >= 0.6 is 11.9 Å². The highest BCUT2D eigenvalue weighted by Gasteiger charge is 2.28.